The van der Waals surface area contributed by atoms with Gasteiger partial charge in [-0.2, -0.15) is 0 Å². The first kappa shape index (κ1) is 15.0. The Morgan fingerprint density at radius 2 is 1.74 bits per heavy atom. The maximum atomic E-state index is 12.3. The zero-order valence-electron chi connectivity index (χ0n) is 11.9. The van der Waals surface area contributed by atoms with Gasteiger partial charge in [0.25, 0.3) is 0 Å². The molecule has 104 valence electrons. The number of rotatable bonds is 4. The van der Waals surface area contributed by atoms with Crippen LogP contribution < -0.4 is 0 Å². The van der Waals surface area contributed by atoms with Crippen molar-refractivity contribution in [3.8, 4) is 0 Å². The van der Waals surface area contributed by atoms with E-state index in [4.69, 9.17) is 0 Å². The molecule has 1 nitrogen and oxygen atoms in total. The van der Waals surface area contributed by atoms with Crippen LogP contribution in [0.15, 0.2) is 24.3 Å². The Labute approximate surface area is 130 Å². The number of hydrogen-bond acceptors (Lipinski definition) is 1. The third kappa shape index (κ3) is 4.30. The molecule has 1 saturated carbocycles. The lowest BCUT2D eigenvalue weighted by Gasteiger charge is -2.30. The predicted molar refractivity (Wildman–Crippen MR) is 88.2 cm³/mol. The first-order valence-electron chi connectivity index (χ1n) is 7.33. The average Bonchev–Trinajstić information content (AvgIpc) is 2.41. The highest BCUT2D eigenvalue weighted by Crippen LogP contribution is 2.34. The summed E-state index contributed by atoms with van der Waals surface area (Å²) in [7, 11) is 0. The Bertz CT molecular complexity index is 413. The Morgan fingerprint density at radius 3 is 2.26 bits per heavy atom. The quantitative estimate of drug-likeness (QED) is 0.692. The van der Waals surface area contributed by atoms with Crippen molar-refractivity contribution in [3.05, 3.63) is 33.4 Å². The van der Waals surface area contributed by atoms with Crippen molar-refractivity contribution in [1.29, 1.82) is 0 Å². The molecule has 1 aliphatic carbocycles. The molecule has 0 unspecified atom stereocenters. The van der Waals surface area contributed by atoms with Crippen LogP contribution in [0.1, 0.15) is 45.1 Å². The minimum atomic E-state index is 0.314. The summed E-state index contributed by atoms with van der Waals surface area (Å²) in [5.74, 6) is 2.37. The summed E-state index contributed by atoms with van der Waals surface area (Å²) in [5, 5.41) is 0. The van der Waals surface area contributed by atoms with Gasteiger partial charge in [-0.25, -0.2) is 0 Å². The molecule has 1 aromatic carbocycles. The van der Waals surface area contributed by atoms with Crippen LogP contribution in [-0.2, 0) is 11.2 Å². The van der Waals surface area contributed by atoms with Gasteiger partial charge in [0, 0.05) is 15.9 Å². The maximum Gasteiger partial charge on any atom is 0.140 e. The minimum Gasteiger partial charge on any atom is -0.299 e. The number of carbonyl (C=O) groups is 1. The van der Waals surface area contributed by atoms with Crippen LogP contribution in [0.4, 0.5) is 0 Å². The summed E-state index contributed by atoms with van der Waals surface area (Å²) in [6.07, 6.45) is 5.30. The molecule has 2 heteroatoms. The molecule has 1 aliphatic rings. The second-order valence-corrected chi connectivity index (χ2v) is 7.37. The van der Waals surface area contributed by atoms with Gasteiger partial charge in [0.2, 0.25) is 0 Å². The minimum absolute atomic E-state index is 0.314. The van der Waals surface area contributed by atoms with Crippen molar-refractivity contribution in [2.75, 3.05) is 0 Å². The summed E-state index contributed by atoms with van der Waals surface area (Å²) in [4.78, 5) is 12.3. The highest BCUT2D eigenvalue weighted by Gasteiger charge is 2.27. The summed E-state index contributed by atoms with van der Waals surface area (Å²) >= 11 is 2.30. The topological polar surface area (TPSA) is 17.1 Å². The van der Waals surface area contributed by atoms with E-state index in [2.05, 4.69) is 60.7 Å². The summed E-state index contributed by atoms with van der Waals surface area (Å²) in [6.45, 7) is 4.61. The predicted octanol–water partition coefficient (Wildman–Crippen LogP) is 4.87. The number of carbonyl (C=O) groups excluding carboxylic acids is 1. The lowest BCUT2D eigenvalue weighted by molar-refractivity contribution is -0.123. The van der Waals surface area contributed by atoms with Crippen molar-refractivity contribution in [2.24, 2.45) is 17.8 Å². The molecule has 0 spiro atoms. The average molecular weight is 370 g/mol. The van der Waals surface area contributed by atoms with E-state index >= 15 is 0 Å². The molecule has 0 N–H and O–H groups in total. The first-order chi connectivity index (χ1) is 9.06. The number of Topliss-reactive ketones (excluding diaryl/α,β-unsaturated/α-hetero) is 1. The zero-order valence-corrected chi connectivity index (χ0v) is 14.0. The van der Waals surface area contributed by atoms with Gasteiger partial charge < -0.3 is 0 Å². The standard InChI is InChI=1S/C17H23IO/c1-12(2)14-5-7-15(8-6-14)17(19)11-13-3-9-16(18)10-4-13/h3-4,9-10,12,14-15H,5-8,11H2,1-2H3. The maximum absolute atomic E-state index is 12.3. The van der Waals surface area contributed by atoms with Gasteiger partial charge in [0.1, 0.15) is 5.78 Å². The fourth-order valence-corrected chi connectivity index (χ4v) is 3.42. The lowest BCUT2D eigenvalue weighted by atomic mass is 9.75. The van der Waals surface area contributed by atoms with Crippen LogP contribution in [0.3, 0.4) is 0 Å². The van der Waals surface area contributed by atoms with Gasteiger partial charge in [0.15, 0.2) is 0 Å². The zero-order chi connectivity index (χ0) is 13.8. The van der Waals surface area contributed by atoms with E-state index in [1.807, 2.05) is 0 Å². The smallest absolute Gasteiger partial charge is 0.140 e. The SMILES string of the molecule is CC(C)C1CCC(C(=O)Cc2ccc(I)cc2)CC1. The highest BCUT2D eigenvalue weighted by molar-refractivity contribution is 14.1. The van der Waals surface area contributed by atoms with Crippen LogP contribution in [-0.4, -0.2) is 5.78 Å². The second kappa shape index (κ2) is 6.87. The van der Waals surface area contributed by atoms with Crippen LogP contribution in [0.2, 0.25) is 0 Å². The van der Waals surface area contributed by atoms with Crippen molar-refractivity contribution < 1.29 is 4.79 Å². The fourth-order valence-electron chi connectivity index (χ4n) is 3.06. The molecule has 0 aromatic heterocycles. The Kier molecular flexibility index (Phi) is 5.43. The third-order valence-electron chi connectivity index (χ3n) is 4.46. The molecule has 0 heterocycles. The monoisotopic (exact) mass is 370 g/mol. The number of hydrogen-bond donors (Lipinski definition) is 0. The van der Waals surface area contributed by atoms with E-state index in [1.54, 1.807) is 0 Å². The van der Waals surface area contributed by atoms with Crippen LogP contribution in [0.5, 0.6) is 0 Å². The fraction of sp³-hybridized carbons (Fsp3) is 0.588. The first-order valence-corrected chi connectivity index (χ1v) is 8.41. The van der Waals surface area contributed by atoms with E-state index in [0.717, 1.165) is 30.2 Å². The molecule has 0 bridgehead atoms. The number of benzene rings is 1. The lowest BCUT2D eigenvalue weighted by Crippen LogP contribution is -2.25. The largest absolute Gasteiger partial charge is 0.299 e. The van der Waals surface area contributed by atoms with E-state index in [0.29, 0.717) is 18.1 Å². The number of halogens is 1. The Balaban J connectivity index is 1.86. The van der Waals surface area contributed by atoms with Gasteiger partial charge in [0.05, 0.1) is 0 Å². The Hall–Kier alpha value is -0.380. The van der Waals surface area contributed by atoms with Crippen molar-refractivity contribution >= 4 is 28.4 Å². The molecule has 0 atom stereocenters. The van der Waals surface area contributed by atoms with Gasteiger partial charge in [-0.1, -0.05) is 26.0 Å². The molecule has 0 aliphatic heterocycles. The van der Waals surface area contributed by atoms with Gasteiger partial charge >= 0.3 is 0 Å². The summed E-state index contributed by atoms with van der Waals surface area (Å²) < 4.78 is 1.23. The molecule has 0 radical (unpaired) electrons. The Morgan fingerprint density at radius 1 is 1.16 bits per heavy atom. The molecule has 0 amide bonds. The second-order valence-electron chi connectivity index (χ2n) is 6.13. The van der Waals surface area contributed by atoms with E-state index in [1.165, 1.54) is 16.4 Å². The molecule has 0 saturated heterocycles. The van der Waals surface area contributed by atoms with E-state index in [-0.39, 0.29) is 0 Å². The van der Waals surface area contributed by atoms with Crippen LogP contribution >= 0.6 is 22.6 Å². The molecule has 2 rings (SSSR count). The van der Waals surface area contributed by atoms with Crippen molar-refractivity contribution in [1.82, 2.24) is 0 Å². The third-order valence-corrected chi connectivity index (χ3v) is 5.18. The van der Waals surface area contributed by atoms with E-state index in [9.17, 15) is 4.79 Å². The highest BCUT2D eigenvalue weighted by atomic mass is 127. The van der Waals surface area contributed by atoms with Gasteiger partial charge in [-0.3, -0.25) is 4.79 Å². The summed E-state index contributed by atoms with van der Waals surface area (Å²) in [6, 6.07) is 8.33. The van der Waals surface area contributed by atoms with Crippen LogP contribution in [0.25, 0.3) is 0 Å². The van der Waals surface area contributed by atoms with Crippen molar-refractivity contribution in [2.45, 2.75) is 46.0 Å². The molecule has 1 fully saturated rings. The van der Waals surface area contributed by atoms with Gasteiger partial charge in [-0.15, -0.1) is 0 Å². The van der Waals surface area contributed by atoms with Gasteiger partial charge in [-0.05, 0) is 77.8 Å². The normalized spacial score (nSPS) is 23.6. The van der Waals surface area contributed by atoms with E-state index < -0.39 is 0 Å². The van der Waals surface area contributed by atoms with Crippen LogP contribution in [0, 0.1) is 21.3 Å². The van der Waals surface area contributed by atoms with Crippen molar-refractivity contribution in [3.63, 3.8) is 0 Å². The number of ketones is 1. The molecule has 19 heavy (non-hydrogen) atoms. The summed E-state index contributed by atoms with van der Waals surface area (Å²) in [5.41, 5.74) is 1.16. The molecular formula is C17H23IO. The molecular weight excluding hydrogens is 347 g/mol. The molecule has 1 aromatic rings.